The summed E-state index contributed by atoms with van der Waals surface area (Å²) in [5.74, 6) is -0.805. The first-order valence-electron chi connectivity index (χ1n) is 8.76. The van der Waals surface area contributed by atoms with E-state index in [0.717, 1.165) is 21.9 Å². The van der Waals surface area contributed by atoms with Gasteiger partial charge in [0.1, 0.15) is 0 Å². The van der Waals surface area contributed by atoms with E-state index in [-0.39, 0.29) is 17.2 Å². The first-order chi connectivity index (χ1) is 12.7. The maximum Gasteiger partial charge on any atom is 0.243 e. The molecular weight excluding hydrogens is 386 g/mol. The minimum atomic E-state index is -3.98. The Bertz CT molecular complexity index is 986. The molecule has 1 aliphatic rings. The second-order valence-corrected chi connectivity index (χ2v) is 10.8. The van der Waals surface area contributed by atoms with Gasteiger partial charge < -0.3 is 5.11 Å². The van der Waals surface area contributed by atoms with Crippen LogP contribution in [0.15, 0.2) is 59.5 Å². The molecule has 0 aliphatic carbocycles. The lowest BCUT2D eigenvalue weighted by Gasteiger charge is -2.29. The molecule has 1 aliphatic heterocycles. The molecule has 1 heterocycles. The predicted molar refractivity (Wildman–Crippen MR) is 103 cm³/mol. The van der Waals surface area contributed by atoms with Crippen LogP contribution in [0, 0.1) is 0 Å². The number of rotatable bonds is 6. The molecule has 2 atom stereocenters. The van der Waals surface area contributed by atoms with E-state index < -0.39 is 37.8 Å². The van der Waals surface area contributed by atoms with Gasteiger partial charge in [0.05, 0.1) is 28.5 Å². The fourth-order valence-electron chi connectivity index (χ4n) is 3.26. The molecule has 0 radical (unpaired) electrons. The van der Waals surface area contributed by atoms with Crippen molar-refractivity contribution >= 4 is 19.9 Å². The quantitative estimate of drug-likeness (QED) is 0.782. The summed E-state index contributed by atoms with van der Waals surface area (Å²) in [5, 5.41) is 10.3. The zero-order chi connectivity index (χ0) is 19.7. The lowest BCUT2D eigenvalue weighted by atomic mass is 10.2. The second kappa shape index (κ2) is 7.71. The highest BCUT2D eigenvalue weighted by molar-refractivity contribution is 7.92. The Balaban J connectivity index is 2.02. The van der Waals surface area contributed by atoms with Crippen LogP contribution in [-0.4, -0.2) is 49.9 Å². The number of hydrogen-bond acceptors (Lipinski definition) is 5. The van der Waals surface area contributed by atoms with Crippen molar-refractivity contribution in [1.82, 2.24) is 4.31 Å². The number of aliphatic hydroxyl groups excluding tert-OH is 1. The third kappa shape index (κ3) is 4.40. The van der Waals surface area contributed by atoms with Crippen molar-refractivity contribution in [1.29, 1.82) is 0 Å². The standard InChI is InChI=1S/C19H23NO5S2/c1-2-15-8-10-17(11-9-15)27(24,25)20(12-16-6-4-3-5-7-16)18-13-26(22,23)14-19(18)21/h3-11,18-19,21H,2,12-14H2,1H3/t18-,19+/m1/s1. The number of hydrogen-bond donors (Lipinski definition) is 1. The third-order valence-electron chi connectivity index (χ3n) is 4.78. The molecule has 1 fully saturated rings. The molecular formula is C19H23NO5S2. The fourth-order valence-corrected chi connectivity index (χ4v) is 6.80. The molecule has 0 bridgehead atoms. The Kier molecular flexibility index (Phi) is 5.71. The van der Waals surface area contributed by atoms with E-state index in [1.165, 1.54) is 12.1 Å². The largest absolute Gasteiger partial charge is 0.390 e. The molecule has 6 nitrogen and oxygen atoms in total. The Morgan fingerprint density at radius 3 is 2.15 bits per heavy atom. The monoisotopic (exact) mass is 409 g/mol. The molecule has 8 heteroatoms. The summed E-state index contributed by atoms with van der Waals surface area (Å²) >= 11 is 0. The van der Waals surface area contributed by atoms with Crippen LogP contribution in [-0.2, 0) is 32.8 Å². The lowest BCUT2D eigenvalue weighted by Crippen LogP contribution is -2.46. The molecule has 27 heavy (non-hydrogen) atoms. The van der Waals surface area contributed by atoms with Crippen LogP contribution in [0.5, 0.6) is 0 Å². The highest BCUT2D eigenvalue weighted by atomic mass is 32.2. The number of sulfone groups is 1. The minimum Gasteiger partial charge on any atom is -0.390 e. The summed E-state index contributed by atoms with van der Waals surface area (Å²) in [7, 11) is -7.47. The van der Waals surface area contributed by atoms with Crippen LogP contribution in [0.2, 0.25) is 0 Å². The summed E-state index contributed by atoms with van der Waals surface area (Å²) < 4.78 is 51.7. The molecule has 2 aromatic carbocycles. The summed E-state index contributed by atoms with van der Waals surface area (Å²) in [6.07, 6.45) is -0.461. The highest BCUT2D eigenvalue weighted by Crippen LogP contribution is 2.27. The van der Waals surface area contributed by atoms with Crippen molar-refractivity contribution in [2.75, 3.05) is 11.5 Å². The van der Waals surface area contributed by atoms with Gasteiger partial charge in [-0.1, -0.05) is 49.4 Å². The zero-order valence-electron chi connectivity index (χ0n) is 15.0. The Labute approximate surface area is 160 Å². The van der Waals surface area contributed by atoms with Crippen molar-refractivity contribution in [2.45, 2.75) is 36.9 Å². The molecule has 1 N–H and O–H groups in total. The Morgan fingerprint density at radius 1 is 1.00 bits per heavy atom. The number of aliphatic hydroxyl groups is 1. The summed E-state index contributed by atoms with van der Waals surface area (Å²) in [6, 6.07) is 14.5. The maximum absolute atomic E-state index is 13.3. The van der Waals surface area contributed by atoms with Crippen LogP contribution in [0.1, 0.15) is 18.1 Å². The van der Waals surface area contributed by atoms with Crippen LogP contribution in [0.3, 0.4) is 0 Å². The predicted octanol–water partition coefficient (Wildman–Crippen LogP) is 1.60. The van der Waals surface area contributed by atoms with Crippen molar-refractivity contribution in [3.8, 4) is 0 Å². The SMILES string of the molecule is CCc1ccc(S(=O)(=O)N(Cc2ccccc2)[C@@H]2CS(=O)(=O)C[C@@H]2O)cc1. The van der Waals surface area contributed by atoms with E-state index in [0.29, 0.717) is 0 Å². The van der Waals surface area contributed by atoms with Gasteiger partial charge in [-0.15, -0.1) is 0 Å². The molecule has 2 aromatic rings. The third-order valence-corrected chi connectivity index (χ3v) is 8.37. The van der Waals surface area contributed by atoms with Crippen LogP contribution in [0.4, 0.5) is 0 Å². The van der Waals surface area contributed by atoms with E-state index in [1.807, 2.05) is 13.0 Å². The maximum atomic E-state index is 13.3. The Hall–Kier alpha value is -1.74. The fraction of sp³-hybridized carbons (Fsp3) is 0.368. The molecule has 0 aromatic heterocycles. The average Bonchev–Trinajstić information content (AvgIpc) is 2.92. The van der Waals surface area contributed by atoms with Gasteiger partial charge in [0.2, 0.25) is 10.0 Å². The van der Waals surface area contributed by atoms with Gasteiger partial charge in [-0.05, 0) is 29.7 Å². The van der Waals surface area contributed by atoms with Crippen LogP contribution < -0.4 is 0 Å². The Morgan fingerprint density at radius 2 is 1.63 bits per heavy atom. The van der Waals surface area contributed by atoms with Gasteiger partial charge in [-0.25, -0.2) is 16.8 Å². The topological polar surface area (TPSA) is 91.8 Å². The van der Waals surface area contributed by atoms with Crippen molar-refractivity contribution in [3.63, 3.8) is 0 Å². The van der Waals surface area contributed by atoms with Gasteiger partial charge >= 0.3 is 0 Å². The molecule has 1 saturated heterocycles. The summed E-state index contributed by atoms with van der Waals surface area (Å²) in [5.41, 5.74) is 1.73. The molecule has 0 saturated carbocycles. The summed E-state index contributed by atoms with van der Waals surface area (Å²) in [4.78, 5) is 0.0899. The van der Waals surface area contributed by atoms with Crippen LogP contribution >= 0.6 is 0 Å². The zero-order valence-corrected chi connectivity index (χ0v) is 16.7. The number of sulfonamides is 1. The van der Waals surface area contributed by atoms with Gasteiger partial charge in [0, 0.05) is 6.54 Å². The minimum absolute atomic E-state index is 0.00402. The number of benzene rings is 2. The first kappa shape index (κ1) is 20.0. The van der Waals surface area contributed by atoms with Gasteiger partial charge in [0.25, 0.3) is 0 Å². The smallest absolute Gasteiger partial charge is 0.243 e. The van der Waals surface area contributed by atoms with E-state index in [4.69, 9.17) is 0 Å². The van der Waals surface area contributed by atoms with Crippen molar-refractivity contribution in [3.05, 3.63) is 65.7 Å². The van der Waals surface area contributed by atoms with Gasteiger partial charge in [-0.2, -0.15) is 4.31 Å². The van der Waals surface area contributed by atoms with Crippen molar-refractivity contribution < 1.29 is 21.9 Å². The van der Waals surface area contributed by atoms with Crippen LogP contribution in [0.25, 0.3) is 0 Å². The van der Waals surface area contributed by atoms with E-state index >= 15 is 0 Å². The van der Waals surface area contributed by atoms with E-state index in [9.17, 15) is 21.9 Å². The normalized spacial score (nSPS) is 22.2. The average molecular weight is 410 g/mol. The second-order valence-electron chi connectivity index (χ2n) is 6.74. The molecule has 3 rings (SSSR count). The lowest BCUT2D eigenvalue weighted by molar-refractivity contribution is 0.125. The molecule has 146 valence electrons. The van der Waals surface area contributed by atoms with E-state index in [1.54, 1.807) is 36.4 Å². The van der Waals surface area contributed by atoms with Crippen molar-refractivity contribution in [2.24, 2.45) is 0 Å². The van der Waals surface area contributed by atoms with Gasteiger partial charge in [0.15, 0.2) is 9.84 Å². The summed E-state index contributed by atoms with van der Waals surface area (Å²) in [6.45, 7) is 1.97. The van der Waals surface area contributed by atoms with Gasteiger partial charge in [-0.3, -0.25) is 0 Å². The molecule has 0 spiro atoms. The molecule has 0 amide bonds. The van der Waals surface area contributed by atoms with E-state index in [2.05, 4.69) is 0 Å². The highest BCUT2D eigenvalue weighted by Gasteiger charge is 2.44. The molecule has 0 unspecified atom stereocenters. The number of aryl methyl sites for hydroxylation is 1. The number of nitrogens with zero attached hydrogens (tertiary/aromatic N) is 1. The first-order valence-corrected chi connectivity index (χ1v) is 12.0.